The molecular weight excluding hydrogens is 294 g/mol. The topological polar surface area (TPSA) is 73.3 Å². The van der Waals surface area contributed by atoms with Crippen LogP contribution in [0.1, 0.15) is 17.3 Å². The first-order valence-electron chi connectivity index (χ1n) is 4.58. The molecule has 1 aromatic carbocycles. The monoisotopic (exact) mass is 303 g/mol. The largest absolute Gasteiger partial charge is 0.443 e. The zero-order valence-electron chi connectivity index (χ0n) is 8.48. The summed E-state index contributed by atoms with van der Waals surface area (Å²) >= 11 is 3.44. The second kappa shape index (κ2) is 3.87. The van der Waals surface area contributed by atoms with Gasteiger partial charge < -0.3 is 4.42 Å². The highest BCUT2D eigenvalue weighted by atomic mass is 79.9. The van der Waals surface area contributed by atoms with Gasteiger partial charge in [-0.2, -0.15) is 0 Å². The van der Waals surface area contributed by atoms with Crippen LogP contribution in [0.2, 0.25) is 0 Å². The van der Waals surface area contributed by atoms with Crippen molar-refractivity contribution >= 4 is 36.9 Å². The van der Waals surface area contributed by atoms with Gasteiger partial charge in [0, 0.05) is 16.3 Å². The molecule has 0 aliphatic rings. The summed E-state index contributed by atoms with van der Waals surface area (Å²) in [6.45, 7) is 1.99. The number of hydrogen-bond acceptors (Lipinski definition) is 3. The quantitative estimate of drug-likeness (QED) is 0.866. The lowest BCUT2D eigenvalue weighted by Gasteiger charge is -2.01. The van der Waals surface area contributed by atoms with E-state index in [2.05, 4.69) is 15.9 Å². The number of primary sulfonamides is 1. The van der Waals surface area contributed by atoms with Gasteiger partial charge >= 0.3 is 0 Å². The molecular formula is C10H10BrNO3S. The number of rotatable bonds is 2. The Balaban J connectivity index is 2.63. The summed E-state index contributed by atoms with van der Waals surface area (Å²) in [6, 6.07) is 6.91. The average molecular weight is 304 g/mol. The van der Waals surface area contributed by atoms with Crippen LogP contribution in [0.3, 0.4) is 0 Å². The van der Waals surface area contributed by atoms with Crippen molar-refractivity contribution < 1.29 is 12.8 Å². The van der Waals surface area contributed by atoms with Crippen LogP contribution in [-0.4, -0.2) is 8.42 Å². The maximum absolute atomic E-state index is 11.1. The van der Waals surface area contributed by atoms with Gasteiger partial charge in [-0.25, -0.2) is 13.6 Å². The van der Waals surface area contributed by atoms with Crippen LogP contribution < -0.4 is 5.14 Å². The molecule has 2 rings (SSSR count). The van der Waals surface area contributed by atoms with Gasteiger partial charge in [-0.3, -0.25) is 0 Å². The van der Waals surface area contributed by atoms with E-state index in [1.165, 1.54) is 6.07 Å². The summed E-state index contributed by atoms with van der Waals surface area (Å²) in [5.74, 6) is 0. The number of benzene rings is 1. The van der Waals surface area contributed by atoms with Gasteiger partial charge in [-0.15, -0.1) is 0 Å². The Morgan fingerprint density at radius 3 is 2.62 bits per heavy atom. The van der Waals surface area contributed by atoms with Crippen LogP contribution in [-0.2, 0) is 10.0 Å². The predicted molar refractivity (Wildman–Crippen MR) is 64.9 cm³/mol. The van der Waals surface area contributed by atoms with Crippen LogP contribution in [0.5, 0.6) is 0 Å². The summed E-state index contributed by atoms with van der Waals surface area (Å²) in [4.78, 5) is 0.199. The van der Waals surface area contributed by atoms with Crippen LogP contribution in [0.4, 0.5) is 0 Å². The summed E-state index contributed by atoms with van der Waals surface area (Å²) in [6.07, 6.45) is 0. The zero-order valence-corrected chi connectivity index (χ0v) is 10.9. The maximum atomic E-state index is 11.1. The van der Waals surface area contributed by atoms with Crippen LogP contribution in [0.15, 0.2) is 33.8 Å². The highest BCUT2D eigenvalue weighted by Gasteiger charge is 2.14. The minimum Gasteiger partial charge on any atom is -0.443 e. The van der Waals surface area contributed by atoms with Crippen molar-refractivity contribution in [1.29, 1.82) is 0 Å². The molecule has 4 nitrogen and oxygen atoms in total. The number of sulfonamides is 1. The number of fused-ring (bicyclic) bond motifs is 1. The van der Waals surface area contributed by atoms with Gasteiger partial charge in [0.1, 0.15) is 5.58 Å². The molecule has 0 fully saturated rings. The molecule has 16 heavy (non-hydrogen) atoms. The minimum atomic E-state index is -3.78. The van der Waals surface area contributed by atoms with E-state index < -0.39 is 10.0 Å². The highest BCUT2D eigenvalue weighted by Crippen LogP contribution is 2.28. The molecule has 2 N–H and O–H groups in total. The molecule has 2 aromatic rings. The van der Waals surface area contributed by atoms with E-state index in [0.717, 1.165) is 10.9 Å². The van der Waals surface area contributed by atoms with Crippen molar-refractivity contribution in [3.8, 4) is 0 Å². The summed E-state index contributed by atoms with van der Waals surface area (Å²) in [5, 5.41) is 5.51. The summed E-state index contributed by atoms with van der Waals surface area (Å²) in [5.41, 5.74) is 1.56. The van der Waals surface area contributed by atoms with Gasteiger partial charge in [0.05, 0.1) is 0 Å². The molecule has 0 radical (unpaired) electrons. The molecule has 0 spiro atoms. The van der Waals surface area contributed by atoms with Gasteiger partial charge in [0.15, 0.2) is 0 Å². The Bertz CT molecular complexity index is 631. The summed E-state index contributed by atoms with van der Waals surface area (Å²) in [7, 11) is -3.78. The van der Waals surface area contributed by atoms with E-state index in [9.17, 15) is 8.42 Å². The molecule has 0 saturated carbocycles. The number of furan rings is 1. The van der Waals surface area contributed by atoms with Crippen molar-refractivity contribution in [3.05, 3.63) is 29.8 Å². The van der Waals surface area contributed by atoms with Gasteiger partial charge in [-0.05, 0) is 24.6 Å². The Kier molecular flexibility index (Phi) is 2.81. The number of nitrogens with two attached hydrogens (primary N) is 1. The van der Waals surface area contributed by atoms with Crippen molar-refractivity contribution in [2.45, 2.75) is 16.8 Å². The van der Waals surface area contributed by atoms with Crippen LogP contribution in [0.25, 0.3) is 11.0 Å². The maximum Gasteiger partial charge on any atom is 0.271 e. The van der Waals surface area contributed by atoms with E-state index in [1.54, 1.807) is 6.07 Å². The Labute approximate surface area is 102 Å². The van der Waals surface area contributed by atoms with Gasteiger partial charge in [0.2, 0.25) is 5.09 Å². The molecule has 6 heteroatoms. The molecule has 1 aromatic heterocycles. The molecule has 1 unspecified atom stereocenters. The fourth-order valence-electron chi connectivity index (χ4n) is 1.43. The standard InChI is InChI=1S/C10H10BrNO3S/c1-6(11)7-2-3-9-8(4-7)5-10(15-9)16(12,13)14/h2-6H,1H3,(H2,12,13,14). The van der Waals surface area contributed by atoms with Gasteiger partial charge in [0.25, 0.3) is 10.0 Å². The van der Waals surface area contributed by atoms with Crippen LogP contribution >= 0.6 is 15.9 Å². The van der Waals surface area contributed by atoms with E-state index in [1.807, 2.05) is 19.1 Å². The highest BCUT2D eigenvalue weighted by molar-refractivity contribution is 9.09. The van der Waals surface area contributed by atoms with Crippen molar-refractivity contribution in [2.24, 2.45) is 5.14 Å². The third-order valence-corrected chi connectivity index (χ3v) is 3.55. The van der Waals surface area contributed by atoms with E-state index in [4.69, 9.17) is 9.56 Å². The van der Waals surface area contributed by atoms with Crippen LogP contribution in [0, 0.1) is 0 Å². The first-order chi connectivity index (χ1) is 7.38. The first kappa shape index (κ1) is 11.6. The Morgan fingerprint density at radius 2 is 2.06 bits per heavy atom. The molecule has 86 valence electrons. The number of halogens is 1. The normalized spacial score (nSPS) is 14.2. The molecule has 1 heterocycles. The summed E-state index contributed by atoms with van der Waals surface area (Å²) < 4.78 is 27.3. The van der Waals surface area contributed by atoms with E-state index in [0.29, 0.717) is 5.58 Å². The van der Waals surface area contributed by atoms with Crippen molar-refractivity contribution in [2.75, 3.05) is 0 Å². The van der Waals surface area contributed by atoms with Crippen molar-refractivity contribution in [1.82, 2.24) is 0 Å². The SMILES string of the molecule is CC(Br)c1ccc2oc(S(N)(=O)=O)cc2c1. The Hall–Kier alpha value is -0.850. The number of hydrogen-bond donors (Lipinski definition) is 1. The second-order valence-corrected chi connectivity index (χ2v) is 6.39. The third-order valence-electron chi connectivity index (χ3n) is 2.26. The molecule has 1 atom stereocenters. The third kappa shape index (κ3) is 2.14. The fraction of sp³-hybridized carbons (Fsp3) is 0.200. The molecule has 0 bridgehead atoms. The lowest BCUT2D eigenvalue weighted by atomic mass is 10.1. The smallest absolute Gasteiger partial charge is 0.271 e. The van der Waals surface area contributed by atoms with E-state index in [-0.39, 0.29) is 9.92 Å². The average Bonchev–Trinajstić information content (AvgIpc) is 2.58. The van der Waals surface area contributed by atoms with Crippen molar-refractivity contribution in [3.63, 3.8) is 0 Å². The van der Waals surface area contributed by atoms with Gasteiger partial charge in [-0.1, -0.05) is 22.0 Å². The molecule has 0 saturated heterocycles. The lowest BCUT2D eigenvalue weighted by Crippen LogP contribution is -2.10. The fourth-order valence-corrected chi connectivity index (χ4v) is 2.21. The molecule has 0 aliphatic carbocycles. The zero-order chi connectivity index (χ0) is 11.9. The minimum absolute atomic E-state index is 0.199. The molecule has 0 aliphatic heterocycles. The number of alkyl halides is 1. The predicted octanol–water partition coefficient (Wildman–Crippen LogP) is 2.54. The van der Waals surface area contributed by atoms with E-state index >= 15 is 0 Å². The lowest BCUT2D eigenvalue weighted by molar-refractivity contribution is 0.482. The second-order valence-electron chi connectivity index (χ2n) is 3.52. The first-order valence-corrected chi connectivity index (χ1v) is 7.04. The Morgan fingerprint density at radius 1 is 1.38 bits per heavy atom. The molecule has 0 amide bonds.